The van der Waals surface area contributed by atoms with E-state index in [4.69, 9.17) is 0 Å². The fourth-order valence-corrected chi connectivity index (χ4v) is 0.618. The van der Waals surface area contributed by atoms with Crippen LogP contribution in [0.4, 0.5) is 4.79 Å². The van der Waals surface area contributed by atoms with E-state index in [1.165, 1.54) is 0 Å². The average molecular weight is 220 g/mol. The first kappa shape index (κ1) is 15.4. The molecule has 0 N–H and O–H groups in total. The summed E-state index contributed by atoms with van der Waals surface area (Å²) in [5, 5.41) is 0. The molecule has 0 radical (unpaired) electrons. The van der Waals surface area contributed by atoms with Crippen molar-refractivity contribution in [2.24, 2.45) is 0 Å². The number of carbonyl (C=O) groups is 1. The number of thiol groups is 2. The van der Waals surface area contributed by atoms with Crippen LogP contribution >= 0.6 is 25.3 Å². The van der Waals surface area contributed by atoms with Gasteiger partial charge in [-0.2, -0.15) is 25.3 Å². The summed E-state index contributed by atoms with van der Waals surface area (Å²) in [5.41, 5.74) is 0. The number of ether oxygens (including phenoxy) is 2. The van der Waals surface area contributed by atoms with E-state index >= 15 is 0 Å². The van der Waals surface area contributed by atoms with Crippen molar-refractivity contribution >= 4 is 61.0 Å². The van der Waals surface area contributed by atoms with Gasteiger partial charge in [-0.15, -0.1) is 0 Å². The molecule has 0 atom stereocenters. The zero-order valence-electron chi connectivity index (χ0n) is 6.32. The molecule has 0 saturated heterocycles. The van der Waals surface area contributed by atoms with Crippen LogP contribution in [0.3, 0.4) is 0 Å². The molecule has 0 aliphatic carbocycles. The number of hydrogen-bond acceptors (Lipinski definition) is 5. The van der Waals surface area contributed by atoms with Crippen LogP contribution < -0.4 is 0 Å². The molecule has 0 fully saturated rings. The molecule has 0 spiro atoms. The Morgan fingerprint density at radius 3 is 2.42 bits per heavy atom. The normalized spacial score (nSPS) is 9.00. The third-order valence-corrected chi connectivity index (χ3v) is 1.37. The first-order valence-corrected chi connectivity index (χ1v) is 4.35. The molecule has 68 valence electrons. The fraction of sp³-hybridized carbons (Fsp3) is 0.833. The molecule has 0 aliphatic heterocycles. The molecule has 0 rings (SSSR count). The van der Waals surface area contributed by atoms with E-state index < -0.39 is 6.16 Å². The van der Waals surface area contributed by atoms with Gasteiger partial charge in [0.05, 0.1) is 13.2 Å². The topological polar surface area (TPSA) is 35.5 Å². The molecule has 6 heteroatoms. The summed E-state index contributed by atoms with van der Waals surface area (Å²) in [6.07, 6.45) is -0.0137. The van der Waals surface area contributed by atoms with Gasteiger partial charge < -0.3 is 9.47 Å². The van der Waals surface area contributed by atoms with Gasteiger partial charge in [0.25, 0.3) is 0 Å². The van der Waals surface area contributed by atoms with Gasteiger partial charge in [0, 0.05) is 11.0 Å². The molecule has 12 heavy (non-hydrogen) atoms. The van der Waals surface area contributed by atoms with Gasteiger partial charge in [-0.1, -0.05) is 0 Å². The number of carbonyl (C=O) groups excluding carboxylic acids is 1. The van der Waals surface area contributed by atoms with Crippen molar-refractivity contribution < 1.29 is 14.3 Å². The van der Waals surface area contributed by atoms with Crippen LogP contribution in [-0.4, -0.2) is 53.5 Å². The standard InChI is InChI=1S/C6H12O3S2.Na.H/c1-2-8-6(7)9-4-3-5(10)11;;/h5,10-11H,2-4H2,1H3;;. The predicted molar refractivity (Wildman–Crippen MR) is 56.5 cm³/mol. The third-order valence-electron chi connectivity index (χ3n) is 0.858. The Balaban J connectivity index is 0. The zero-order chi connectivity index (χ0) is 8.69. The molecule has 0 heterocycles. The summed E-state index contributed by atoms with van der Waals surface area (Å²) < 4.78 is 9.10. The maximum atomic E-state index is 10.5. The van der Waals surface area contributed by atoms with Crippen molar-refractivity contribution in [1.82, 2.24) is 0 Å². The van der Waals surface area contributed by atoms with Gasteiger partial charge >= 0.3 is 35.7 Å². The molecule has 0 unspecified atom stereocenters. The molecule has 0 aromatic rings. The monoisotopic (exact) mass is 220 g/mol. The molecule has 0 saturated carbocycles. The Bertz CT molecular complexity index is 121. The number of rotatable bonds is 4. The van der Waals surface area contributed by atoms with Gasteiger partial charge in [0.15, 0.2) is 0 Å². The molecule has 0 aromatic carbocycles. The van der Waals surface area contributed by atoms with Gasteiger partial charge in [0.2, 0.25) is 0 Å². The van der Waals surface area contributed by atoms with E-state index in [9.17, 15) is 4.79 Å². The number of hydrogen-bond donors (Lipinski definition) is 2. The minimum atomic E-state index is -0.630. The second-order valence-corrected chi connectivity index (χ2v) is 3.45. The Morgan fingerprint density at radius 1 is 1.42 bits per heavy atom. The second-order valence-electron chi connectivity index (χ2n) is 1.80. The van der Waals surface area contributed by atoms with Gasteiger partial charge in [-0.05, 0) is 6.92 Å². The van der Waals surface area contributed by atoms with Crippen molar-refractivity contribution in [3.05, 3.63) is 0 Å². The Kier molecular flexibility index (Phi) is 12.9. The zero-order valence-corrected chi connectivity index (χ0v) is 8.11. The van der Waals surface area contributed by atoms with Gasteiger partial charge in [-0.25, -0.2) is 4.79 Å². The quantitative estimate of drug-likeness (QED) is 0.322. The molecular formula is C6H13NaO3S2. The first-order chi connectivity index (χ1) is 5.16. The van der Waals surface area contributed by atoms with E-state index in [1.54, 1.807) is 6.92 Å². The Morgan fingerprint density at radius 2 is 2.00 bits per heavy atom. The molecule has 3 nitrogen and oxygen atoms in total. The van der Waals surface area contributed by atoms with Crippen molar-refractivity contribution in [2.45, 2.75) is 17.9 Å². The molecule has 0 aliphatic rings. The van der Waals surface area contributed by atoms with Crippen LogP contribution in [0, 0.1) is 0 Å². The maximum absolute atomic E-state index is 10.5. The summed E-state index contributed by atoms with van der Waals surface area (Å²) in [4.78, 5) is 10.5. The van der Waals surface area contributed by atoms with E-state index in [1.807, 2.05) is 0 Å². The SMILES string of the molecule is CCOC(=O)OCCC(S)S.[NaH]. The summed E-state index contributed by atoms with van der Waals surface area (Å²) in [6, 6.07) is 0. The molecular weight excluding hydrogens is 207 g/mol. The van der Waals surface area contributed by atoms with Crippen molar-refractivity contribution in [1.29, 1.82) is 0 Å². The second kappa shape index (κ2) is 10.1. The van der Waals surface area contributed by atoms with Gasteiger partial charge in [-0.3, -0.25) is 0 Å². The van der Waals surface area contributed by atoms with E-state index in [2.05, 4.69) is 34.7 Å². The average Bonchev–Trinajstić information content (AvgIpc) is 1.87. The summed E-state index contributed by atoms with van der Waals surface area (Å²) in [6.45, 7) is 2.36. The third kappa shape index (κ3) is 11.0. The van der Waals surface area contributed by atoms with Crippen molar-refractivity contribution in [3.63, 3.8) is 0 Å². The predicted octanol–water partition coefficient (Wildman–Crippen LogP) is 1.09. The summed E-state index contributed by atoms with van der Waals surface area (Å²) >= 11 is 7.97. The van der Waals surface area contributed by atoms with E-state index in [-0.39, 0.29) is 34.1 Å². The van der Waals surface area contributed by atoms with Crippen LogP contribution in [-0.2, 0) is 9.47 Å². The van der Waals surface area contributed by atoms with Crippen LogP contribution in [0.25, 0.3) is 0 Å². The Labute approximate surface area is 106 Å². The molecule has 0 bridgehead atoms. The van der Waals surface area contributed by atoms with Crippen molar-refractivity contribution in [3.8, 4) is 0 Å². The van der Waals surface area contributed by atoms with E-state index in [0.29, 0.717) is 19.6 Å². The van der Waals surface area contributed by atoms with Crippen LogP contribution in [0.5, 0.6) is 0 Å². The molecule has 0 aromatic heterocycles. The fourth-order valence-electron chi connectivity index (χ4n) is 0.407. The van der Waals surface area contributed by atoms with Crippen LogP contribution in [0.15, 0.2) is 0 Å². The first-order valence-electron chi connectivity index (χ1n) is 3.32. The summed E-state index contributed by atoms with van der Waals surface area (Å²) in [7, 11) is 0. The minimum absolute atomic E-state index is 0. The Hall–Kier alpha value is 0.970. The van der Waals surface area contributed by atoms with Crippen LogP contribution in [0.2, 0.25) is 0 Å². The molecule has 0 amide bonds. The van der Waals surface area contributed by atoms with E-state index in [0.717, 1.165) is 0 Å². The van der Waals surface area contributed by atoms with Gasteiger partial charge in [0.1, 0.15) is 0 Å². The van der Waals surface area contributed by atoms with Crippen LogP contribution in [0.1, 0.15) is 13.3 Å². The summed E-state index contributed by atoms with van der Waals surface area (Å²) in [5.74, 6) is 0. The van der Waals surface area contributed by atoms with Crippen molar-refractivity contribution in [2.75, 3.05) is 13.2 Å².